The molecule has 110 valence electrons. The lowest BCUT2D eigenvalue weighted by molar-refractivity contribution is -0.119. The Hall–Kier alpha value is -1.59. The second-order valence-corrected chi connectivity index (χ2v) is 5.62. The fourth-order valence-corrected chi connectivity index (χ4v) is 2.70. The number of carbonyl (C=O) groups is 1. The van der Waals surface area contributed by atoms with Crippen molar-refractivity contribution in [2.24, 2.45) is 0 Å². The zero-order valence-corrected chi connectivity index (χ0v) is 13.3. The highest BCUT2D eigenvalue weighted by Gasteiger charge is 2.09. The molecule has 0 fully saturated rings. The van der Waals surface area contributed by atoms with E-state index < -0.39 is 5.82 Å². The van der Waals surface area contributed by atoms with Crippen LogP contribution in [0.2, 0.25) is 5.02 Å². The number of hydrogen-bond acceptors (Lipinski definition) is 2. The molecule has 0 aliphatic rings. The van der Waals surface area contributed by atoms with Crippen LogP contribution in [0.5, 0.6) is 0 Å². The van der Waals surface area contributed by atoms with Crippen molar-refractivity contribution in [1.29, 1.82) is 0 Å². The quantitative estimate of drug-likeness (QED) is 0.835. The van der Waals surface area contributed by atoms with Crippen molar-refractivity contribution in [3.05, 3.63) is 63.3 Å². The fraction of sp³-hybridized carbons (Fsp3) is 0.133. The van der Waals surface area contributed by atoms with E-state index >= 15 is 0 Å². The van der Waals surface area contributed by atoms with Gasteiger partial charge in [-0.15, -0.1) is 0 Å². The minimum absolute atomic E-state index is 0.0524. The lowest BCUT2D eigenvalue weighted by Crippen LogP contribution is -2.29. The van der Waals surface area contributed by atoms with Crippen LogP contribution < -0.4 is 10.6 Å². The minimum Gasteiger partial charge on any atom is -0.374 e. The Kier molecular flexibility index (Phi) is 5.59. The molecule has 0 saturated carbocycles. The van der Waals surface area contributed by atoms with Crippen molar-refractivity contribution in [3.8, 4) is 0 Å². The molecule has 6 heteroatoms. The van der Waals surface area contributed by atoms with Gasteiger partial charge in [-0.3, -0.25) is 4.79 Å². The van der Waals surface area contributed by atoms with Gasteiger partial charge in [-0.2, -0.15) is 0 Å². The Labute approximate surface area is 135 Å². The Morgan fingerprint density at radius 3 is 2.62 bits per heavy atom. The van der Waals surface area contributed by atoms with Crippen LogP contribution in [0.1, 0.15) is 5.56 Å². The summed E-state index contributed by atoms with van der Waals surface area (Å²) in [5.41, 5.74) is 1.51. The first-order valence-electron chi connectivity index (χ1n) is 6.25. The molecular weight excluding hydrogens is 359 g/mol. The predicted octanol–water partition coefficient (Wildman–Crippen LogP) is 3.97. The van der Waals surface area contributed by atoms with Gasteiger partial charge in [0, 0.05) is 11.0 Å². The molecule has 0 atom stereocenters. The molecule has 2 aromatic carbocycles. The van der Waals surface area contributed by atoms with Crippen LogP contribution in [0.15, 0.2) is 46.9 Å². The number of hydrogen-bond donors (Lipinski definition) is 2. The van der Waals surface area contributed by atoms with Crippen molar-refractivity contribution in [3.63, 3.8) is 0 Å². The average molecular weight is 372 g/mol. The Bertz CT molecular complexity index is 614. The first-order chi connectivity index (χ1) is 10.1. The molecule has 0 aliphatic carbocycles. The van der Waals surface area contributed by atoms with Crippen LogP contribution >= 0.6 is 27.5 Å². The van der Waals surface area contributed by atoms with Gasteiger partial charge in [-0.05, 0) is 33.6 Å². The van der Waals surface area contributed by atoms with E-state index in [0.29, 0.717) is 16.7 Å². The second-order valence-electron chi connectivity index (χ2n) is 4.36. The third-order valence-electron chi connectivity index (χ3n) is 2.77. The summed E-state index contributed by atoms with van der Waals surface area (Å²) in [5, 5.41) is 5.89. The Morgan fingerprint density at radius 1 is 1.24 bits per heavy atom. The van der Waals surface area contributed by atoms with Crippen LogP contribution in [0, 0.1) is 5.82 Å². The molecule has 2 aromatic rings. The molecule has 2 N–H and O–H groups in total. The SMILES string of the molecule is O=C(CNc1c(Cl)cc(F)cc1Br)NCc1ccccc1. The van der Waals surface area contributed by atoms with Gasteiger partial charge in [-0.25, -0.2) is 4.39 Å². The minimum atomic E-state index is -0.439. The largest absolute Gasteiger partial charge is 0.374 e. The van der Waals surface area contributed by atoms with E-state index in [-0.39, 0.29) is 17.5 Å². The number of rotatable bonds is 5. The molecule has 0 aliphatic heterocycles. The van der Waals surface area contributed by atoms with Crippen molar-refractivity contribution < 1.29 is 9.18 Å². The van der Waals surface area contributed by atoms with Crippen molar-refractivity contribution in [2.75, 3.05) is 11.9 Å². The number of benzene rings is 2. The third kappa shape index (κ3) is 4.72. The standard InChI is InChI=1S/C15H13BrClFN2O/c16-12-6-11(18)7-13(17)15(12)20-9-14(21)19-8-10-4-2-1-3-5-10/h1-7,20H,8-9H2,(H,19,21). The molecule has 0 spiro atoms. The molecule has 0 aromatic heterocycles. The van der Waals surface area contributed by atoms with Gasteiger partial charge in [0.15, 0.2) is 0 Å². The van der Waals surface area contributed by atoms with E-state index in [0.717, 1.165) is 5.56 Å². The van der Waals surface area contributed by atoms with Crippen molar-refractivity contribution >= 4 is 39.1 Å². The number of halogens is 3. The highest BCUT2D eigenvalue weighted by molar-refractivity contribution is 9.10. The molecule has 21 heavy (non-hydrogen) atoms. The van der Waals surface area contributed by atoms with Gasteiger partial charge in [0.05, 0.1) is 17.3 Å². The van der Waals surface area contributed by atoms with Crippen LogP contribution in [0.4, 0.5) is 10.1 Å². The topological polar surface area (TPSA) is 41.1 Å². The average Bonchev–Trinajstić information content (AvgIpc) is 2.45. The van der Waals surface area contributed by atoms with Crippen LogP contribution in [-0.4, -0.2) is 12.5 Å². The van der Waals surface area contributed by atoms with Gasteiger partial charge in [-0.1, -0.05) is 41.9 Å². The maximum atomic E-state index is 13.1. The second kappa shape index (κ2) is 7.43. The molecule has 0 radical (unpaired) electrons. The number of anilines is 1. The third-order valence-corrected chi connectivity index (χ3v) is 3.69. The smallest absolute Gasteiger partial charge is 0.239 e. The maximum absolute atomic E-state index is 13.1. The monoisotopic (exact) mass is 370 g/mol. The molecular formula is C15H13BrClFN2O. The van der Waals surface area contributed by atoms with E-state index in [1.807, 2.05) is 30.3 Å². The van der Waals surface area contributed by atoms with E-state index in [9.17, 15) is 9.18 Å². The molecule has 0 saturated heterocycles. The number of carbonyl (C=O) groups excluding carboxylic acids is 1. The first-order valence-corrected chi connectivity index (χ1v) is 7.42. The summed E-state index contributed by atoms with van der Waals surface area (Å²) in [6.07, 6.45) is 0. The van der Waals surface area contributed by atoms with Crippen LogP contribution in [-0.2, 0) is 11.3 Å². The lowest BCUT2D eigenvalue weighted by Gasteiger charge is -2.11. The zero-order valence-electron chi connectivity index (χ0n) is 11.0. The molecule has 0 unspecified atom stereocenters. The van der Waals surface area contributed by atoms with Gasteiger partial charge in [0.1, 0.15) is 5.82 Å². The van der Waals surface area contributed by atoms with Crippen LogP contribution in [0.3, 0.4) is 0 Å². The van der Waals surface area contributed by atoms with Crippen LogP contribution in [0.25, 0.3) is 0 Å². The first kappa shape index (κ1) is 15.8. The highest BCUT2D eigenvalue weighted by atomic mass is 79.9. The van der Waals surface area contributed by atoms with Crippen molar-refractivity contribution in [2.45, 2.75) is 6.54 Å². The fourth-order valence-electron chi connectivity index (χ4n) is 1.74. The van der Waals surface area contributed by atoms with Gasteiger partial charge < -0.3 is 10.6 Å². The Balaban J connectivity index is 1.87. The maximum Gasteiger partial charge on any atom is 0.239 e. The number of amides is 1. The summed E-state index contributed by atoms with van der Waals surface area (Å²) in [7, 11) is 0. The van der Waals surface area contributed by atoms with E-state index in [1.54, 1.807) is 0 Å². The predicted molar refractivity (Wildman–Crippen MR) is 85.9 cm³/mol. The molecule has 0 heterocycles. The van der Waals surface area contributed by atoms with E-state index in [2.05, 4.69) is 26.6 Å². The molecule has 0 bridgehead atoms. The summed E-state index contributed by atoms with van der Waals surface area (Å²) in [6.45, 7) is 0.510. The van der Waals surface area contributed by atoms with E-state index in [1.165, 1.54) is 12.1 Å². The molecule has 2 rings (SSSR count). The summed E-state index contributed by atoms with van der Waals surface area (Å²) < 4.78 is 13.6. The Morgan fingerprint density at radius 2 is 1.95 bits per heavy atom. The molecule has 3 nitrogen and oxygen atoms in total. The van der Waals surface area contributed by atoms with Crippen molar-refractivity contribution in [1.82, 2.24) is 5.32 Å². The highest BCUT2D eigenvalue weighted by Crippen LogP contribution is 2.31. The summed E-state index contributed by atoms with van der Waals surface area (Å²) in [5.74, 6) is -0.614. The van der Waals surface area contributed by atoms with Gasteiger partial charge >= 0.3 is 0 Å². The van der Waals surface area contributed by atoms with Gasteiger partial charge in [0.2, 0.25) is 5.91 Å². The summed E-state index contributed by atoms with van der Waals surface area (Å²) >= 11 is 9.13. The lowest BCUT2D eigenvalue weighted by atomic mass is 10.2. The normalized spacial score (nSPS) is 10.2. The number of nitrogens with one attached hydrogen (secondary N) is 2. The summed E-state index contributed by atoms with van der Waals surface area (Å²) in [6, 6.07) is 12.1. The zero-order chi connectivity index (χ0) is 15.2. The molecule has 1 amide bonds. The van der Waals surface area contributed by atoms with E-state index in [4.69, 9.17) is 11.6 Å². The van der Waals surface area contributed by atoms with Gasteiger partial charge in [0.25, 0.3) is 0 Å². The summed E-state index contributed by atoms with van der Waals surface area (Å²) in [4.78, 5) is 11.8.